The lowest BCUT2D eigenvalue weighted by atomic mass is 10.1. The zero-order valence-corrected chi connectivity index (χ0v) is 12.5. The molecule has 5 nitrogen and oxygen atoms in total. The second kappa shape index (κ2) is 7.43. The summed E-state index contributed by atoms with van der Waals surface area (Å²) in [5.41, 5.74) is 8.37. The van der Waals surface area contributed by atoms with Crippen molar-refractivity contribution in [2.24, 2.45) is 11.7 Å². The molecule has 0 aliphatic rings. The van der Waals surface area contributed by atoms with Crippen LogP contribution in [0.2, 0.25) is 0 Å². The minimum absolute atomic E-state index is 0.358. The largest absolute Gasteiger partial charge is 0.402 e. The van der Waals surface area contributed by atoms with Crippen LogP contribution in [0, 0.1) is 11.3 Å². The average Bonchev–Trinajstić information content (AvgIpc) is 2.83. The summed E-state index contributed by atoms with van der Waals surface area (Å²) in [6.07, 6.45) is 8.39. The van der Waals surface area contributed by atoms with E-state index in [1.165, 1.54) is 11.8 Å². The van der Waals surface area contributed by atoms with E-state index in [-0.39, 0.29) is 0 Å². The molecule has 0 bridgehead atoms. The molecule has 0 amide bonds. The normalized spacial score (nSPS) is 11.6. The lowest BCUT2D eigenvalue weighted by molar-refractivity contribution is 0.759. The van der Waals surface area contributed by atoms with Gasteiger partial charge in [-0.15, -0.1) is 0 Å². The highest BCUT2D eigenvalue weighted by Gasteiger charge is 2.06. The molecule has 2 aromatic heterocycles. The van der Waals surface area contributed by atoms with Crippen molar-refractivity contribution in [2.75, 3.05) is 0 Å². The highest BCUT2D eigenvalue weighted by atomic mass is 15.2. The average molecular weight is 273 g/mol. The third-order valence-electron chi connectivity index (χ3n) is 2.87. The Morgan fingerprint density at radius 2 is 2.05 bits per heavy atom. The van der Waals surface area contributed by atoms with Gasteiger partial charge < -0.3 is 11.1 Å². The molecule has 2 rings (SSSR count). The summed E-state index contributed by atoms with van der Waals surface area (Å²) in [7, 11) is 0. The minimum atomic E-state index is 0.358. The van der Waals surface area contributed by atoms with Crippen molar-refractivity contribution >= 4 is 11.9 Å². The Morgan fingerprint density at radius 3 is 2.55 bits per heavy atom. The molecular formula is C15H23N5. The number of allylic oxidation sites excluding steroid dienone is 2. The van der Waals surface area contributed by atoms with Gasteiger partial charge in [0.2, 0.25) is 0 Å². The van der Waals surface area contributed by atoms with E-state index in [2.05, 4.69) is 23.9 Å². The Morgan fingerprint density at radius 1 is 1.35 bits per heavy atom. The summed E-state index contributed by atoms with van der Waals surface area (Å²) in [6.45, 7) is 8.28. The number of hydrogen-bond donors (Lipinski definition) is 2. The van der Waals surface area contributed by atoms with Gasteiger partial charge in [0, 0.05) is 29.9 Å². The van der Waals surface area contributed by atoms with Crippen LogP contribution in [-0.4, -0.2) is 20.8 Å². The third kappa shape index (κ3) is 4.19. The van der Waals surface area contributed by atoms with Crippen LogP contribution >= 0.6 is 0 Å². The molecule has 0 aliphatic carbocycles. The molecule has 5 heteroatoms. The molecule has 0 unspecified atom stereocenters. The highest BCUT2D eigenvalue weighted by Crippen LogP contribution is 2.17. The zero-order chi connectivity index (χ0) is 15.1. The molecule has 2 aromatic rings. The van der Waals surface area contributed by atoms with E-state index < -0.39 is 0 Å². The molecule has 0 saturated carbocycles. The summed E-state index contributed by atoms with van der Waals surface area (Å²) >= 11 is 0. The number of rotatable bonds is 3. The van der Waals surface area contributed by atoms with E-state index in [4.69, 9.17) is 11.1 Å². The molecule has 0 fully saturated rings. The molecule has 0 aliphatic heterocycles. The number of hydrogen-bond acceptors (Lipinski definition) is 4. The van der Waals surface area contributed by atoms with Crippen LogP contribution in [0.15, 0.2) is 36.4 Å². The van der Waals surface area contributed by atoms with Crippen molar-refractivity contribution in [2.45, 2.75) is 33.6 Å². The first-order valence-electron chi connectivity index (χ1n) is 6.71. The molecular weight excluding hydrogens is 250 g/mol. The van der Waals surface area contributed by atoms with Gasteiger partial charge >= 0.3 is 0 Å². The van der Waals surface area contributed by atoms with E-state index in [1.807, 2.05) is 32.3 Å². The summed E-state index contributed by atoms with van der Waals surface area (Å²) in [4.78, 5) is 4.26. The summed E-state index contributed by atoms with van der Waals surface area (Å²) in [5, 5.41) is 10.8. The van der Waals surface area contributed by atoms with Crippen molar-refractivity contribution in [1.82, 2.24) is 14.6 Å². The fraction of sp³-hybridized carbons (Fsp3) is 0.400. The van der Waals surface area contributed by atoms with Crippen LogP contribution in [-0.2, 0) is 0 Å². The Hall–Kier alpha value is -2.17. The fourth-order valence-electron chi connectivity index (χ4n) is 1.54. The Kier molecular flexibility index (Phi) is 5.90. The molecule has 0 atom stereocenters. The van der Waals surface area contributed by atoms with Gasteiger partial charge in [0.1, 0.15) is 0 Å². The van der Waals surface area contributed by atoms with Crippen LogP contribution in [0.1, 0.15) is 39.2 Å². The highest BCUT2D eigenvalue weighted by molar-refractivity contribution is 5.68. The monoisotopic (exact) mass is 273 g/mol. The molecule has 3 N–H and O–H groups in total. The standard InChI is InChI=1S/C9H11N3.C6H12N2/c1-7(2)8-6-11-12-5-3-4-10-9(8)12;1-5(2)6(8)3-4-7/h3-7H,1-2H3;3-5,7H,8H2,1-2H3/b;6-3-,7-4?. The van der Waals surface area contributed by atoms with Gasteiger partial charge in [-0.3, -0.25) is 0 Å². The van der Waals surface area contributed by atoms with Crippen LogP contribution in [0.3, 0.4) is 0 Å². The molecule has 108 valence electrons. The lowest BCUT2D eigenvalue weighted by Gasteiger charge is -2.00. The second-order valence-corrected chi connectivity index (χ2v) is 5.13. The van der Waals surface area contributed by atoms with Crippen molar-refractivity contribution in [3.05, 3.63) is 42.0 Å². The lowest BCUT2D eigenvalue weighted by Crippen LogP contribution is -2.04. The molecule has 20 heavy (non-hydrogen) atoms. The Balaban J connectivity index is 0.000000221. The molecule has 2 heterocycles. The first-order valence-corrected chi connectivity index (χ1v) is 6.71. The number of nitrogens with zero attached hydrogens (tertiary/aromatic N) is 3. The topological polar surface area (TPSA) is 80.1 Å². The van der Waals surface area contributed by atoms with Gasteiger partial charge in [-0.25, -0.2) is 9.50 Å². The van der Waals surface area contributed by atoms with Crippen LogP contribution in [0.5, 0.6) is 0 Å². The maximum absolute atomic E-state index is 6.64. The molecule has 0 saturated heterocycles. The fourth-order valence-corrected chi connectivity index (χ4v) is 1.54. The van der Waals surface area contributed by atoms with Crippen molar-refractivity contribution in [1.29, 1.82) is 5.41 Å². The van der Waals surface area contributed by atoms with Crippen LogP contribution in [0.25, 0.3) is 5.65 Å². The first kappa shape index (κ1) is 15.9. The van der Waals surface area contributed by atoms with E-state index >= 15 is 0 Å². The van der Waals surface area contributed by atoms with Gasteiger partial charge in [0.25, 0.3) is 0 Å². The molecule has 0 spiro atoms. The molecule has 0 radical (unpaired) electrons. The maximum atomic E-state index is 6.64. The summed E-state index contributed by atoms with van der Waals surface area (Å²) < 4.78 is 1.80. The first-order chi connectivity index (χ1) is 9.47. The second-order valence-electron chi connectivity index (χ2n) is 5.13. The predicted molar refractivity (Wildman–Crippen MR) is 83.0 cm³/mol. The number of aromatic nitrogens is 3. The number of fused-ring (bicyclic) bond motifs is 1. The SMILES string of the molecule is CC(C)/C(N)=C/C=N.CC(C)c1cnn2cccnc12. The number of nitrogens with two attached hydrogens (primary N) is 1. The van der Waals surface area contributed by atoms with E-state index in [0.29, 0.717) is 11.8 Å². The Bertz CT molecular complexity index is 581. The van der Waals surface area contributed by atoms with Gasteiger partial charge in [-0.2, -0.15) is 5.10 Å². The van der Waals surface area contributed by atoms with Gasteiger partial charge in [-0.1, -0.05) is 27.7 Å². The van der Waals surface area contributed by atoms with Gasteiger partial charge in [0.15, 0.2) is 5.65 Å². The van der Waals surface area contributed by atoms with Crippen molar-refractivity contribution in [3.8, 4) is 0 Å². The minimum Gasteiger partial charge on any atom is -0.402 e. The smallest absolute Gasteiger partial charge is 0.158 e. The third-order valence-corrected chi connectivity index (χ3v) is 2.87. The maximum Gasteiger partial charge on any atom is 0.158 e. The molecule has 0 aromatic carbocycles. The van der Waals surface area contributed by atoms with Crippen molar-refractivity contribution < 1.29 is 0 Å². The quantitative estimate of drug-likeness (QED) is 0.844. The zero-order valence-electron chi connectivity index (χ0n) is 12.5. The van der Waals surface area contributed by atoms with Crippen molar-refractivity contribution in [3.63, 3.8) is 0 Å². The van der Waals surface area contributed by atoms with Gasteiger partial charge in [0.05, 0.1) is 6.20 Å². The van der Waals surface area contributed by atoms with Gasteiger partial charge in [-0.05, 0) is 24.0 Å². The predicted octanol–water partition coefficient (Wildman–Crippen LogP) is 2.99. The van der Waals surface area contributed by atoms with Crippen LogP contribution in [0.4, 0.5) is 0 Å². The Labute approximate surface area is 120 Å². The van der Waals surface area contributed by atoms with Crippen LogP contribution < -0.4 is 5.73 Å². The number of nitrogens with one attached hydrogen (secondary N) is 1. The summed E-state index contributed by atoms with van der Waals surface area (Å²) in [6, 6.07) is 1.88. The summed E-state index contributed by atoms with van der Waals surface area (Å²) in [5.74, 6) is 0.842. The van der Waals surface area contributed by atoms with E-state index in [1.54, 1.807) is 16.8 Å². The van der Waals surface area contributed by atoms with E-state index in [0.717, 1.165) is 11.3 Å². The van der Waals surface area contributed by atoms with E-state index in [9.17, 15) is 0 Å².